The van der Waals surface area contributed by atoms with Gasteiger partial charge in [-0.3, -0.25) is 9.48 Å². The Labute approximate surface area is 197 Å². The summed E-state index contributed by atoms with van der Waals surface area (Å²) in [6, 6.07) is 23.3. The number of aromatic nitrogens is 2. The first-order valence-electron chi connectivity index (χ1n) is 11.1. The van der Waals surface area contributed by atoms with Crippen molar-refractivity contribution < 1.29 is 19.0 Å². The number of amides is 1. The van der Waals surface area contributed by atoms with E-state index in [2.05, 4.69) is 5.32 Å². The second-order valence-electron chi connectivity index (χ2n) is 7.96. The van der Waals surface area contributed by atoms with Gasteiger partial charge in [-0.2, -0.15) is 5.10 Å². The van der Waals surface area contributed by atoms with Crippen LogP contribution < -0.4 is 19.5 Å². The maximum Gasteiger partial charge on any atom is 0.255 e. The van der Waals surface area contributed by atoms with Crippen molar-refractivity contribution in [1.82, 2.24) is 15.1 Å². The number of carbonyl (C=O) groups excluding carboxylic acids is 1. The maximum absolute atomic E-state index is 13.2. The summed E-state index contributed by atoms with van der Waals surface area (Å²) >= 11 is 0. The molecule has 4 aromatic rings. The first-order valence-corrected chi connectivity index (χ1v) is 11.1. The number of benzene rings is 3. The third-order valence-electron chi connectivity index (χ3n) is 5.62. The number of methoxy groups -OCH3 is 1. The number of ether oxygens (including phenoxy) is 3. The van der Waals surface area contributed by atoms with Crippen LogP contribution in [0.5, 0.6) is 17.2 Å². The third-order valence-corrected chi connectivity index (χ3v) is 5.62. The number of nitrogens with one attached hydrogen (secondary N) is 1. The highest BCUT2D eigenvalue weighted by Crippen LogP contribution is 2.31. The molecule has 1 aliphatic rings. The van der Waals surface area contributed by atoms with Crippen LogP contribution in [0.2, 0.25) is 0 Å². The van der Waals surface area contributed by atoms with E-state index in [1.807, 2.05) is 72.8 Å². The van der Waals surface area contributed by atoms with E-state index in [4.69, 9.17) is 19.3 Å². The van der Waals surface area contributed by atoms with Gasteiger partial charge in [-0.25, -0.2) is 0 Å². The SMILES string of the molecule is COc1ccc(-c2nn(Cc3ccccc3)cc2C(=O)NCc2ccc3c(c2)OCCO3)cc1. The summed E-state index contributed by atoms with van der Waals surface area (Å²) in [7, 11) is 1.63. The molecule has 0 bridgehead atoms. The van der Waals surface area contributed by atoms with E-state index in [0.717, 1.165) is 28.2 Å². The molecule has 1 aliphatic heterocycles. The molecule has 0 saturated heterocycles. The molecule has 1 aromatic heterocycles. The van der Waals surface area contributed by atoms with Gasteiger partial charge in [-0.1, -0.05) is 36.4 Å². The Morgan fingerprint density at radius 3 is 2.50 bits per heavy atom. The molecular weight excluding hydrogens is 430 g/mol. The monoisotopic (exact) mass is 455 g/mol. The van der Waals surface area contributed by atoms with Crippen molar-refractivity contribution in [2.24, 2.45) is 0 Å². The first-order chi connectivity index (χ1) is 16.7. The Kier molecular flexibility index (Phi) is 6.16. The van der Waals surface area contributed by atoms with Gasteiger partial charge in [0.25, 0.3) is 5.91 Å². The predicted octanol–water partition coefficient (Wildman–Crippen LogP) is 4.31. The molecule has 0 saturated carbocycles. The topological polar surface area (TPSA) is 74.6 Å². The van der Waals surface area contributed by atoms with Crippen molar-refractivity contribution in [3.8, 4) is 28.5 Å². The summed E-state index contributed by atoms with van der Waals surface area (Å²) in [6.07, 6.45) is 1.80. The average Bonchev–Trinajstić information content (AvgIpc) is 3.31. The molecule has 172 valence electrons. The van der Waals surface area contributed by atoms with Crippen molar-refractivity contribution in [3.05, 3.63) is 95.7 Å². The summed E-state index contributed by atoms with van der Waals surface area (Å²) in [4.78, 5) is 13.2. The molecule has 0 atom stereocenters. The molecule has 34 heavy (non-hydrogen) atoms. The molecule has 7 nitrogen and oxygen atoms in total. The molecule has 7 heteroatoms. The second kappa shape index (κ2) is 9.70. The van der Waals surface area contributed by atoms with Crippen LogP contribution in [-0.4, -0.2) is 36.0 Å². The van der Waals surface area contributed by atoms with Crippen LogP contribution in [-0.2, 0) is 13.1 Å². The zero-order valence-corrected chi connectivity index (χ0v) is 18.9. The maximum atomic E-state index is 13.2. The molecule has 1 amide bonds. The fraction of sp³-hybridized carbons (Fsp3) is 0.185. The molecule has 5 rings (SSSR count). The van der Waals surface area contributed by atoms with Crippen LogP contribution in [0, 0.1) is 0 Å². The Bertz CT molecular complexity index is 1280. The lowest BCUT2D eigenvalue weighted by atomic mass is 10.1. The fourth-order valence-corrected chi connectivity index (χ4v) is 3.88. The third kappa shape index (κ3) is 4.73. The number of rotatable bonds is 7. The van der Waals surface area contributed by atoms with E-state index in [1.54, 1.807) is 18.0 Å². The highest BCUT2D eigenvalue weighted by atomic mass is 16.6. The molecule has 0 radical (unpaired) electrons. The number of carbonyl (C=O) groups is 1. The van der Waals surface area contributed by atoms with Gasteiger partial charge in [-0.15, -0.1) is 0 Å². The highest BCUT2D eigenvalue weighted by molar-refractivity contribution is 5.99. The zero-order valence-electron chi connectivity index (χ0n) is 18.9. The summed E-state index contributed by atoms with van der Waals surface area (Å²) < 4.78 is 18.3. The van der Waals surface area contributed by atoms with Gasteiger partial charge >= 0.3 is 0 Å². The second-order valence-corrected chi connectivity index (χ2v) is 7.96. The highest BCUT2D eigenvalue weighted by Gasteiger charge is 2.19. The van der Waals surface area contributed by atoms with E-state index in [1.165, 1.54) is 0 Å². The number of fused-ring (bicyclic) bond motifs is 1. The number of nitrogens with zero attached hydrogens (tertiary/aromatic N) is 2. The van der Waals surface area contributed by atoms with Gasteiger partial charge in [0.2, 0.25) is 0 Å². The van der Waals surface area contributed by atoms with Crippen molar-refractivity contribution in [3.63, 3.8) is 0 Å². The molecule has 0 unspecified atom stereocenters. The van der Waals surface area contributed by atoms with E-state index in [-0.39, 0.29) is 5.91 Å². The first kappa shape index (κ1) is 21.6. The molecule has 1 N–H and O–H groups in total. The standard InChI is InChI=1S/C27H25N3O4/c1-32-22-10-8-21(9-11-22)26-23(18-30(29-26)17-19-5-3-2-4-6-19)27(31)28-16-20-7-12-24-25(15-20)34-14-13-33-24/h2-12,15,18H,13-14,16-17H2,1H3,(H,28,31). The van der Waals surface area contributed by atoms with Crippen LogP contribution in [0.25, 0.3) is 11.3 Å². The van der Waals surface area contributed by atoms with Crippen LogP contribution >= 0.6 is 0 Å². The lowest BCUT2D eigenvalue weighted by Crippen LogP contribution is -2.23. The van der Waals surface area contributed by atoms with E-state index in [9.17, 15) is 4.79 Å². The Morgan fingerprint density at radius 2 is 1.74 bits per heavy atom. The van der Waals surface area contributed by atoms with Crippen molar-refractivity contribution in [2.75, 3.05) is 20.3 Å². The molecule has 0 aliphatic carbocycles. The van der Waals surface area contributed by atoms with Gasteiger partial charge in [0.1, 0.15) is 24.7 Å². The minimum atomic E-state index is -0.194. The van der Waals surface area contributed by atoms with E-state index >= 15 is 0 Å². The fourth-order valence-electron chi connectivity index (χ4n) is 3.88. The Balaban J connectivity index is 1.39. The summed E-state index contributed by atoms with van der Waals surface area (Å²) in [5.41, 5.74) is 4.02. The zero-order chi connectivity index (χ0) is 23.3. The number of hydrogen-bond acceptors (Lipinski definition) is 5. The van der Waals surface area contributed by atoms with Crippen molar-refractivity contribution in [1.29, 1.82) is 0 Å². The Hall–Kier alpha value is -4.26. The van der Waals surface area contributed by atoms with E-state index < -0.39 is 0 Å². The van der Waals surface area contributed by atoms with Crippen molar-refractivity contribution >= 4 is 5.91 Å². The van der Waals surface area contributed by atoms with Crippen LogP contribution in [0.3, 0.4) is 0 Å². The van der Waals surface area contributed by atoms with Gasteiger partial charge in [0, 0.05) is 18.3 Å². The normalized spacial score (nSPS) is 12.3. The Morgan fingerprint density at radius 1 is 0.971 bits per heavy atom. The minimum absolute atomic E-state index is 0.194. The largest absolute Gasteiger partial charge is 0.497 e. The van der Waals surface area contributed by atoms with Gasteiger partial charge in [0.05, 0.1) is 19.2 Å². The summed E-state index contributed by atoms with van der Waals surface area (Å²) in [5.74, 6) is 1.98. The quantitative estimate of drug-likeness (QED) is 0.450. The molecular formula is C27H25N3O4. The predicted molar refractivity (Wildman–Crippen MR) is 128 cm³/mol. The average molecular weight is 456 g/mol. The molecule has 2 heterocycles. The smallest absolute Gasteiger partial charge is 0.255 e. The van der Waals surface area contributed by atoms with Gasteiger partial charge in [-0.05, 0) is 47.5 Å². The lowest BCUT2D eigenvalue weighted by Gasteiger charge is -2.19. The van der Waals surface area contributed by atoms with Crippen LogP contribution in [0.1, 0.15) is 21.5 Å². The molecule has 0 fully saturated rings. The molecule has 0 spiro atoms. The van der Waals surface area contributed by atoms with E-state index in [0.29, 0.717) is 43.3 Å². The van der Waals surface area contributed by atoms with Gasteiger partial charge < -0.3 is 19.5 Å². The minimum Gasteiger partial charge on any atom is -0.497 e. The number of hydrogen-bond donors (Lipinski definition) is 1. The lowest BCUT2D eigenvalue weighted by molar-refractivity contribution is 0.0951. The van der Waals surface area contributed by atoms with Crippen LogP contribution in [0.4, 0.5) is 0 Å². The van der Waals surface area contributed by atoms with Gasteiger partial charge in [0.15, 0.2) is 11.5 Å². The van der Waals surface area contributed by atoms with Crippen molar-refractivity contribution in [2.45, 2.75) is 13.1 Å². The summed E-state index contributed by atoms with van der Waals surface area (Å²) in [6.45, 7) is 2.00. The summed E-state index contributed by atoms with van der Waals surface area (Å²) in [5, 5.41) is 7.76. The van der Waals surface area contributed by atoms with Crippen LogP contribution in [0.15, 0.2) is 79.0 Å². The molecule has 3 aromatic carbocycles.